The van der Waals surface area contributed by atoms with Gasteiger partial charge in [-0.2, -0.15) is 0 Å². The van der Waals surface area contributed by atoms with Gasteiger partial charge in [0.1, 0.15) is 23.1 Å². The molecule has 3 N–H and O–H groups in total. The van der Waals surface area contributed by atoms with Gasteiger partial charge in [-0.25, -0.2) is 0 Å². The molecule has 106 heavy (non-hydrogen) atoms. The molecular weight excluding hydrogens is 1360 g/mol. The summed E-state index contributed by atoms with van der Waals surface area (Å²) >= 11 is 0. The van der Waals surface area contributed by atoms with Crippen LogP contribution in [0.2, 0.25) is 0 Å². The van der Waals surface area contributed by atoms with E-state index in [0.29, 0.717) is 201 Å². The van der Waals surface area contributed by atoms with Gasteiger partial charge in [-0.15, -0.1) is 0 Å². The van der Waals surface area contributed by atoms with Gasteiger partial charge in [0.2, 0.25) is 5.91 Å². The zero-order valence-corrected chi connectivity index (χ0v) is 62.7. The van der Waals surface area contributed by atoms with Gasteiger partial charge in [0.15, 0.2) is 34.6 Å². The summed E-state index contributed by atoms with van der Waals surface area (Å²) in [6.07, 6.45) is 16.4. The maximum atomic E-state index is 14.1. The van der Waals surface area contributed by atoms with E-state index in [1.165, 1.54) is 42.7 Å². The van der Waals surface area contributed by atoms with Crippen LogP contribution in [-0.2, 0) is 69.9 Å². The molecule has 576 valence electrons. The number of ketones is 4. The predicted molar refractivity (Wildman–Crippen MR) is 403 cm³/mol. The quantitative estimate of drug-likeness (QED) is 0.0160. The number of nitrogens with zero attached hydrogens (tertiary/aromatic N) is 2. The lowest BCUT2D eigenvalue weighted by atomic mass is 9.83. The Balaban J connectivity index is 0.614. The van der Waals surface area contributed by atoms with E-state index in [2.05, 4.69) is 18.0 Å². The van der Waals surface area contributed by atoms with E-state index in [0.717, 1.165) is 41.5 Å². The summed E-state index contributed by atoms with van der Waals surface area (Å²) in [7, 11) is 3.10. The molecule has 8 rings (SSSR count). The van der Waals surface area contributed by atoms with Crippen LogP contribution < -0.4 is 24.3 Å². The number of hydrogen-bond acceptors (Lipinski definition) is 21. The van der Waals surface area contributed by atoms with Gasteiger partial charge in [0, 0.05) is 80.9 Å². The third kappa shape index (κ3) is 27.4. The Labute approximate surface area is 623 Å². The smallest absolute Gasteiger partial charge is 0.260 e. The first kappa shape index (κ1) is 83.3. The Kier molecular flexibility index (Phi) is 35.1. The number of carbonyl (C=O) groups excluding carboxylic acids is 6. The fraction of sp³-hybridized carbons (Fsp3) is 0.530. The number of aryl methyl sites for hydroxylation is 1. The predicted octanol–water partition coefficient (Wildman–Crippen LogP) is 12.1. The summed E-state index contributed by atoms with van der Waals surface area (Å²) < 4.78 is 68.1. The van der Waals surface area contributed by atoms with E-state index in [1.54, 1.807) is 43.4 Å². The molecule has 2 aliphatic heterocycles. The molecule has 23 heteroatoms. The standard InChI is InChI=1S/C83H109N3O20/c1-56(2)69(11-8-10-67(87)24-28-97-30-32-99-34-36-101-38-40-103-42-43-104-41-39-102-37-35-100-33-31-98-29-25-84-82(93)23-20-64-49-68(88)21-22-74(64)89)76(91)44-58(5)75(90)46-59-12-15-61(16-13-59)63-17-14-60(45-63)47-77(92)71-51-78(95-6)80(50-70(71)57(3)4)105-26-9-27-106-81-53-73-72(52-79(81)96-7)83(94)86-55-65(62-18-19-62)48-66(86)54-85-73/h8,10,12-13,15-16,21-22,45,49-56,58,60,62,66,69,88-89H,3,9,11,14,17-20,23-44,46-48H2,1-2,4-7H3,(H,84,93). The number of rotatable bonds is 54. The molecule has 0 bridgehead atoms. The van der Waals surface area contributed by atoms with Crippen LogP contribution in [0.1, 0.15) is 141 Å². The van der Waals surface area contributed by atoms with Gasteiger partial charge < -0.3 is 77.3 Å². The van der Waals surface area contributed by atoms with E-state index >= 15 is 0 Å². The first-order chi connectivity index (χ1) is 51.4. The Bertz CT molecular complexity index is 3670. The van der Waals surface area contributed by atoms with E-state index in [4.69, 9.17) is 61.8 Å². The van der Waals surface area contributed by atoms with Crippen molar-refractivity contribution in [3.8, 4) is 34.5 Å². The number of Topliss-reactive ketones (excluding diaryl/α,β-unsaturated/α-hetero) is 3. The molecule has 4 atom stereocenters. The number of phenols is 2. The molecule has 0 radical (unpaired) electrons. The highest BCUT2D eigenvalue weighted by molar-refractivity contribution is 6.04. The number of aliphatic imine (C=N–C) groups is 1. The number of ether oxygens (including phenoxy) is 12. The molecule has 0 spiro atoms. The lowest BCUT2D eigenvalue weighted by Gasteiger charge is -2.20. The van der Waals surface area contributed by atoms with E-state index in [1.807, 2.05) is 70.4 Å². The summed E-state index contributed by atoms with van der Waals surface area (Å²) in [5.74, 6) is 1.38. The number of hydrogen-bond donors (Lipinski definition) is 3. The van der Waals surface area contributed by atoms with Crippen LogP contribution in [0.15, 0.2) is 108 Å². The molecule has 0 saturated heterocycles. The number of aromatic hydroxyl groups is 2. The minimum Gasteiger partial charge on any atom is -0.508 e. The van der Waals surface area contributed by atoms with Crippen molar-refractivity contribution in [3.63, 3.8) is 0 Å². The zero-order valence-electron chi connectivity index (χ0n) is 62.7. The molecule has 0 aromatic heterocycles. The van der Waals surface area contributed by atoms with Crippen molar-refractivity contribution < 1.29 is 95.8 Å². The first-order valence-electron chi connectivity index (χ1n) is 37.3. The molecule has 4 aliphatic rings. The minimum atomic E-state index is -0.471. The zero-order chi connectivity index (χ0) is 75.6. The Hall–Kier alpha value is -8.39. The monoisotopic (exact) mass is 1470 g/mol. The van der Waals surface area contributed by atoms with Crippen molar-refractivity contribution in [1.82, 2.24) is 10.2 Å². The lowest BCUT2D eigenvalue weighted by Crippen LogP contribution is -2.32. The second-order valence-electron chi connectivity index (χ2n) is 27.4. The fourth-order valence-corrected chi connectivity index (χ4v) is 12.7. The highest BCUT2D eigenvalue weighted by atomic mass is 16.6. The average Bonchev–Trinajstić information content (AvgIpc) is 1.60. The maximum Gasteiger partial charge on any atom is 0.260 e. The van der Waals surface area contributed by atoms with Crippen LogP contribution in [0.4, 0.5) is 5.69 Å². The highest BCUT2D eigenvalue weighted by Crippen LogP contribution is 2.45. The molecule has 1 saturated carbocycles. The van der Waals surface area contributed by atoms with Gasteiger partial charge in [0.05, 0.1) is 150 Å². The van der Waals surface area contributed by atoms with Crippen molar-refractivity contribution in [2.45, 2.75) is 117 Å². The Morgan fingerprint density at radius 3 is 1.85 bits per heavy atom. The van der Waals surface area contributed by atoms with Gasteiger partial charge in [-0.3, -0.25) is 33.8 Å². The fourth-order valence-electron chi connectivity index (χ4n) is 12.7. The summed E-state index contributed by atoms with van der Waals surface area (Å²) in [5.41, 5.74) is 7.85. The molecule has 23 nitrogen and oxygen atoms in total. The number of allylic oxidation sites excluding steroid dienone is 5. The van der Waals surface area contributed by atoms with Crippen LogP contribution in [0, 0.1) is 29.6 Å². The van der Waals surface area contributed by atoms with Gasteiger partial charge in [0.25, 0.3) is 5.91 Å². The molecule has 2 heterocycles. The number of methoxy groups -OCH3 is 2. The number of nitrogens with one attached hydrogen (secondary N) is 1. The van der Waals surface area contributed by atoms with E-state index in [-0.39, 0.29) is 103 Å². The van der Waals surface area contributed by atoms with Gasteiger partial charge in [-0.1, -0.05) is 69.3 Å². The summed E-state index contributed by atoms with van der Waals surface area (Å²) in [4.78, 5) is 86.1. The molecule has 4 aromatic rings. The lowest BCUT2D eigenvalue weighted by molar-refractivity contribution is -0.129. The normalized spacial score (nSPS) is 16.0. The summed E-state index contributed by atoms with van der Waals surface area (Å²) in [5, 5.41) is 22.1. The topological polar surface area (TPSA) is 281 Å². The van der Waals surface area contributed by atoms with Crippen LogP contribution >= 0.6 is 0 Å². The van der Waals surface area contributed by atoms with Gasteiger partial charge >= 0.3 is 0 Å². The Morgan fingerprint density at radius 2 is 1.25 bits per heavy atom. The van der Waals surface area contributed by atoms with Crippen LogP contribution in [0.5, 0.6) is 34.5 Å². The van der Waals surface area contributed by atoms with Crippen molar-refractivity contribution in [2.24, 2.45) is 34.6 Å². The minimum absolute atomic E-state index is 0.00295. The van der Waals surface area contributed by atoms with Crippen LogP contribution in [0.3, 0.4) is 0 Å². The SMILES string of the molecule is C=C(C)c1cc(OCCCOc2cc3c(cc2OC)C(=O)N2C=C(C4CC4)CC2C=N3)c(OC)cc1C(=O)CC1C=C(c2ccc(CC(=O)C(C)CC(=O)C(CC=CC(=O)CCOCCOCCOCCOCCOCCOCCOCCOCCNC(=O)CCc3cc(O)ccc3O)C(C)C)cc2)CC1. The average molecular weight is 1470 g/mol. The molecule has 2 aliphatic carbocycles. The highest BCUT2D eigenvalue weighted by Gasteiger charge is 2.38. The van der Waals surface area contributed by atoms with Crippen LogP contribution in [0.25, 0.3) is 11.1 Å². The molecule has 2 amide bonds. The number of phenolic OH excluding ortho intramolecular Hbond substituents is 2. The number of carbonyl (C=O) groups is 6. The van der Waals surface area contributed by atoms with Crippen molar-refractivity contribution in [2.75, 3.05) is 140 Å². The molecule has 4 aromatic carbocycles. The second kappa shape index (κ2) is 44.7. The first-order valence-corrected chi connectivity index (χ1v) is 37.3. The van der Waals surface area contributed by atoms with Gasteiger partial charge in [-0.05, 0) is 145 Å². The van der Waals surface area contributed by atoms with Crippen molar-refractivity contribution in [1.29, 1.82) is 0 Å². The number of benzene rings is 4. The molecular formula is C83H109N3O20. The van der Waals surface area contributed by atoms with Crippen molar-refractivity contribution in [3.05, 3.63) is 137 Å². The third-order valence-corrected chi connectivity index (χ3v) is 18.9. The van der Waals surface area contributed by atoms with Crippen LogP contribution in [-0.4, -0.2) is 202 Å². The molecule has 1 fully saturated rings. The number of amides is 2. The Morgan fingerprint density at radius 1 is 0.670 bits per heavy atom. The van der Waals surface area contributed by atoms with Crippen molar-refractivity contribution >= 4 is 58.0 Å². The molecule has 4 unspecified atom stereocenters. The second-order valence-corrected chi connectivity index (χ2v) is 27.4. The number of fused-ring (bicyclic) bond motifs is 2. The van der Waals surface area contributed by atoms with E-state index in [9.17, 15) is 39.0 Å². The maximum absolute atomic E-state index is 14.1. The summed E-state index contributed by atoms with van der Waals surface area (Å²) in [6.45, 7) is 19.0. The summed E-state index contributed by atoms with van der Waals surface area (Å²) in [6, 6.07) is 19.2. The van der Waals surface area contributed by atoms with E-state index < -0.39 is 5.92 Å². The third-order valence-electron chi connectivity index (χ3n) is 18.9. The largest absolute Gasteiger partial charge is 0.508 e.